The zero-order valence-electron chi connectivity index (χ0n) is 19.0. The fourth-order valence-electron chi connectivity index (χ4n) is 5.59. The fourth-order valence-corrected chi connectivity index (χ4v) is 5.59. The highest BCUT2D eigenvalue weighted by Crippen LogP contribution is 2.41. The molecule has 2 aromatic heterocycles. The van der Waals surface area contributed by atoms with Crippen molar-refractivity contribution in [1.29, 1.82) is 0 Å². The summed E-state index contributed by atoms with van der Waals surface area (Å²) in [6, 6.07) is 38.9. The van der Waals surface area contributed by atoms with Crippen molar-refractivity contribution in [2.24, 2.45) is 0 Å². The monoisotopic (exact) mass is 437 g/mol. The highest BCUT2D eigenvalue weighted by atomic mass is 16.3. The van der Waals surface area contributed by atoms with Gasteiger partial charge < -0.3 is 8.98 Å². The first-order valence-electron chi connectivity index (χ1n) is 11.9. The standard InChI is InChI=1S/C32H23NO/c1-2-21-22(19-20-31-32(21)26-14-6-10-18-30(26)34-31)23-11-3-7-15-27(23)33-28-16-8-4-12-24(28)25-13-5-9-17-29(25)33/h3-20H,2H2,1H3. The van der Waals surface area contributed by atoms with Crippen LogP contribution in [-0.4, -0.2) is 4.57 Å². The van der Waals surface area contributed by atoms with Crippen molar-refractivity contribution in [1.82, 2.24) is 4.57 Å². The van der Waals surface area contributed by atoms with Gasteiger partial charge in [-0.15, -0.1) is 0 Å². The van der Waals surface area contributed by atoms with Crippen LogP contribution in [0.5, 0.6) is 0 Å². The largest absolute Gasteiger partial charge is 0.456 e. The van der Waals surface area contributed by atoms with Gasteiger partial charge in [-0.05, 0) is 47.9 Å². The molecule has 7 rings (SSSR count). The van der Waals surface area contributed by atoms with E-state index in [1.165, 1.54) is 55.0 Å². The Labute approximate surface area is 197 Å². The van der Waals surface area contributed by atoms with Gasteiger partial charge in [-0.1, -0.05) is 85.8 Å². The smallest absolute Gasteiger partial charge is 0.135 e. The van der Waals surface area contributed by atoms with Crippen molar-refractivity contribution < 1.29 is 4.42 Å². The maximum atomic E-state index is 6.20. The molecule has 0 aliphatic carbocycles. The molecule has 0 amide bonds. The summed E-state index contributed by atoms with van der Waals surface area (Å²) in [7, 11) is 0. The molecule has 2 nitrogen and oxygen atoms in total. The van der Waals surface area contributed by atoms with Gasteiger partial charge in [0.1, 0.15) is 11.2 Å². The summed E-state index contributed by atoms with van der Waals surface area (Å²) in [6.45, 7) is 2.24. The molecular weight excluding hydrogens is 414 g/mol. The minimum absolute atomic E-state index is 0.928. The van der Waals surface area contributed by atoms with Crippen LogP contribution in [0.25, 0.3) is 60.6 Å². The summed E-state index contributed by atoms with van der Waals surface area (Å²) >= 11 is 0. The van der Waals surface area contributed by atoms with E-state index in [0.717, 1.165) is 17.6 Å². The average Bonchev–Trinajstić information content (AvgIpc) is 3.44. The first-order valence-corrected chi connectivity index (χ1v) is 11.9. The van der Waals surface area contributed by atoms with E-state index in [9.17, 15) is 0 Å². The van der Waals surface area contributed by atoms with E-state index in [0.29, 0.717) is 0 Å². The number of nitrogens with zero attached hydrogens (tertiary/aromatic N) is 1. The molecule has 0 aliphatic heterocycles. The molecule has 0 saturated carbocycles. The predicted molar refractivity (Wildman–Crippen MR) is 143 cm³/mol. The molecule has 2 heteroatoms. The number of benzene rings is 5. The van der Waals surface area contributed by atoms with Crippen LogP contribution < -0.4 is 0 Å². The van der Waals surface area contributed by atoms with Crippen LogP contribution in [0.4, 0.5) is 0 Å². The Balaban J connectivity index is 1.59. The molecule has 0 saturated heterocycles. The van der Waals surface area contributed by atoms with Crippen molar-refractivity contribution in [3.8, 4) is 16.8 Å². The second-order valence-electron chi connectivity index (χ2n) is 8.80. The summed E-state index contributed by atoms with van der Waals surface area (Å²) in [4.78, 5) is 0. The minimum atomic E-state index is 0.928. The zero-order valence-corrected chi connectivity index (χ0v) is 19.0. The van der Waals surface area contributed by atoms with Gasteiger partial charge in [-0.25, -0.2) is 0 Å². The van der Waals surface area contributed by atoms with Crippen LogP contribution >= 0.6 is 0 Å². The Kier molecular flexibility index (Phi) is 4.16. The van der Waals surface area contributed by atoms with E-state index in [1.807, 2.05) is 6.07 Å². The lowest BCUT2D eigenvalue weighted by Gasteiger charge is -2.17. The molecule has 0 aliphatic rings. The Bertz CT molecular complexity index is 1800. The molecule has 0 N–H and O–H groups in total. The maximum Gasteiger partial charge on any atom is 0.135 e. The minimum Gasteiger partial charge on any atom is -0.456 e. The maximum absolute atomic E-state index is 6.20. The third-order valence-corrected chi connectivity index (χ3v) is 7.02. The quantitative estimate of drug-likeness (QED) is 0.270. The normalized spacial score (nSPS) is 11.8. The second kappa shape index (κ2) is 7.36. The molecule has 0 unspecified atom stereocenters. The van der Waals surface area contributed by atoms with Crippen LogP contribution in [0.3, 0.4) is 0 Å². The van der Waals surface area contributed by atoms with E-state index >= 15 is 0 Å². The third-order valence-electron chi connectivity index (χ3n) is 7.02. The lowest BCUT2D eigenvalue weighted by Crippen LogP contribution is -1.99. The molecule has 5 aromatic carbocycles. The van der Waals surface area contributed by atoms with E-state index in [-0.39, 0.29) is 0 Å². The van der Waals surface area contributed by atoms with Crippen LogP contribution in [0.2, 0.25) is 0 Å². The van der Waals surface area contributed by atoms with E-state index in [4.69, 9.17) is 4.42 Å². The van der Waals surface area contributed by atoms with Gasteiger partial charge in [0.2, 0.25) is 0 Å². The molecule has 7 aromatic rings. The summed E-state index contributed by atoms with van der Waals surface area (Å²) in [6.07, 6.45) is 0.928. The van der Waals surface area contributed by atoms with Crippen molar-refractivity contribution in [2.45, 2.75) is 13.3 Å². The molecule has 0 bridgehead atoms. The lowest BCUT2D eigenvalue weighted by atomic mass is 9.92. The Morgan fingerprint density at radius 2 is 1.18 bits per heavy atom. The molecular formula is C32H23NO. The van der Waals surface area contributed by atoms with E-state index in [2.05, 4.69) is 115 Å². The number of rotatable bonds is 3. The molecule has 0 atom stereocenters. The number of para-hydroxylation sites is 4. The highest BCUT2D eigenvalue weighted by molar-refractivity contribution is 6.11. The first-order chi connectivity index (χ1) is 16.8. The summed E-state index contributed by atoms with van der Waals surface area (Å²) < 4.78 is 8.61. The van der Waals surface area contributed by atoms with Crippen molar-refractivity contribution in [2.75, 3.05) is 0 Å². The summed E-state index contributed by atoms with van der Waals surface area (Å²) in [5.74, 6) is 0. The van der Waals surface area contributed by atoms with Crippen LogP contribution in [-0.2, 0) is 6.42 Å². The van der Waals surface area contributed by atoms with Gasteiger partial charge in [0, 0.05) is 27.1 Å². The molecule has 2 heterocycles. The number of aromatic nitrogens is 1. The Morgan fingerprint density at radius 3 is 1.91 bits per heavy atom. The van der Waals surface area contributed by atoms with Crippen LogP contribution in [0.15, 0.2) is 114 Å². The predicted octanol–water partition coefficient (Wildman–Crippen LogP) is 8.91. The van der Waals surface area contributed by atoms with Crippen LogP contribution in [0.1, 0.15) is 12.5 Å². The molecule has 0 spiro atoms. The average molecular weight is 438 g/mol. The highest BCUT2D eigenvalue weighted by Gasteiger charge is 2.19. The Hall–Kier alpha value is -4.30. The van der Waals surface area contributed by atoms with Crippen LogP contribution in [0, 0.1) is 0 Å². The van der Waals surface area contributed by atoms with Gasteiger partial charge in [0.05, 0.1) is 16.7 Å². The molecule has 0 radical (unpaired) electrons. The van der Waals surface area contributed by atoms with Gasteiger partial charge >= 0.3 is 0 Å². The lowest BCUT2D eigenvalue weighted by molar-refractivity contribution is 0.668. The topological polar surface area (TPSA) is 18.1 Å². The molecule has 34 heavy (non-hydrogen) atoms. The number of hydrogen-bond acceptors (Lipinski definition) is 1. The van der Waals surface area contributed by atoms with E-state index in [1.54, 1.807) is 0 Å². The van der Waals surface area contributed by atoms with E-state index < -0.39 is 0 Å². The number of furan rings is 1. The second-order valence-corrected chi connectivity index (χ2v) is 8.80. The van der Waals surface area contributed by atoms with Gasteiger partial charge in [0.25, 0.3) is 0 Å². The number of hydrogen-bond donors (Lipinski definition) is 0. The SMILES string of the molecule is CCc1c(-c2ccccc2-n2c3ccccc3c3ccccc32)ccc2oc3ccccc3c12. The third kappa shape index (κ3) is 2.63. The fraction of sp³-hybridized carbons (Fsp3) is 0.0625. The van der Waals surface area contributed by atoms with Crippen molar-refractivity contribution in [3.63, 3.8) is 0 Å². The Morgan fingerprint density at radius 1 is 0.559 bits per heavy atom. The molecule has 162 valence electrons. The number of aryl methyl sites for hydroxylation is 1. The summed E-state index contributed by atoms with van der Waals surface area (Å²) in [5.41, 5.74) is 9.37. The molecule has 0 fully saturated rings. The van der Waals surface area contributed by atoms with Crippen molar-refractivity contribution in [3.05, 3.63) is 115 Å². The van der Waals surface area contributed by atoms with Gasteiger partial charge in [0.15, 0.2) is 0 Å². The number of fused-ring (bicyclic) bond motifs is 6. The summed E-state index contributed by atoms with van der Waals surface area (Å²) in [5, 5.41) is 4.97. The zero-order chi connectivity index (χ0) is 22.6. The van der Waals surface area contributed by atoms with Gasteiger partial charge in [-0.3, -0.25) is 0 Å². The van der Waals surface area contributed by atoms with Crippen molar-refractivity contribution >= 4 is 43.7 Å². The van der Waals surface area contributed by atoms with Gasteiger partial charge in [-0.2, -0.15) is 0 Å². The first kappa shape index (κ1) is 19.2.